The van der Waals surface area contributed by atoms with Gasteiger partial charge in [-0.2, -0.15) is 0 Å². The van der Waals surface area contributed by atoms with Gasteiger partial charge in [0, 0.05) is 10.6 Å². The standard InChI is InChI=1S/C11H12Cl2O2/c1-11(14-7-10(6-12)15-11)8-3-2-4-9(13)5-8/h2-5,10H,6-7H2,1H3. The van der Waals surface area contributed by atoms with E-state index in [0.29, 0.717) is 17.5 Å². The first-order valence-electron chi connectivity index (χ1n) is 4.78. The molecule has 0 saturated carbocycles. The monoisotopic (exact) mass is 246 g/mol. The van der Waals surface area contributed by atoms with Crippen molar-refractivity contribution in [2.24, 2.45) is 0 Å². The maximum Gasteiger partial charge on any atom is 0.192 e. The first-order chi connectivity index (χ1) is 7.14. The summed E-state index contributed by atoms with van der Waals surface area (Å²) >= 11 is 11.6. The molecular weight excluding hydrogens is 235 g/mol. The quantitative estimate of drug-likeness (QED) is 0.747. The predicted octanol–water partition coefficient (Wildman–Crippen LogP) is 3.17. The van der Waals surface area contributed by atoms with Crippen LogP contribution in [0.2, 0.25) is 5.02 Å². The molecule has 0 N–H and O–H groups in total. The van der Waals surface area contributed by atoms with Gasteiger partial charge in [0.05, 0.1) is 18.6 Å². The second-order valence-electron chi connectivity index (χ2n) is 3.66. The summed E-state index contributed by atoms with van der Waals surface area (Å²) in [5.74, 6) is -0.277. The van der Waals surface area contributed by atoms with Crippen LogP contribution in [-0.4, -0.2) is 18.6 Å². The number of halogens is 2. The molecule has 0 amide bonds. The van der Waals surface area contributed by atoms with Gasteiger partial charge in [-0.1, -0.05) is 23.7 Å². The van der Waals surface area contributed by atoms with Gasteiger partial charge in [-0.3, -0.25) is 0 Å². The van der Waals surface area contributed by atoms with Crippen molar-refractivity contribution < 1.29 is 9.47 Å². The maximum atomic E-state index is 5.92. The molecule has 0 spiro atoms. The minimum atomic E-state index is -0.718. The molecule has 2 nitrogen and oxygen atoms in total. The highest BCUT2D eigenvalue weighted by atomic mass is 35.5. The number of hydrogen-bond acceptors (Lipinski definition) is 2. The first-order valence-corrected chi connectivity index (χ1v) is 5.69. The van der Waals surface area contributed by atoms with Crippen LogP contribution >= 0.6 is 23.2 Å². The first kappa shape index (κ1) is 11.2. The minimum Gasteiger partial charge on any atom is -0.343 e. The Morgan fingerprint density at radius 1 is 1.53 bits per heavy atom. The molecule has 1 aromatic carbocycles. The molecule has 4 heteroatoms. The van der Waals surface area contributed by atoms with E-state index in [1.165, 1.54) is 0 Å². The van der Waals surface area contributed by atoms with Crippen LogP contribution in [0.4, 0.5) is 0 Å². The Bertz CT molecular complexity index is 356. The largest absolute Gasteiger partial charge is 0.343 e. The molecule has 2 atom stereocenters. The average Bonchev–Trinajstić information content (AvgIpc) is 2.62. The second-order valence-corrected chi connectivity index (χ2v) is 4.41. The number of alkyl halides is 1. The highest BCUT2D eigenvalue weighted by molar-refractivity contribution is 6.30. The predicted molar refractivity (Wildman–Crippen MR) is 60.3 cm³/mol. The third kappa shape index (κ3) is 2.28. The molecule has 2 unspecified atom stereocenters. The Kier molecular flexibility index (Phi) is 3.21. The number of rotatable bonds is 2. The van der Waals surface area contributed by atoms with Gasteiger partial charge in [0.25, 0.3) is 0 Å². The Hall–Kier alpha value is -0.280. The molecule has 1 aliphatic heterocycles. The van der Waals surface area contributed by atoms with Gasteiger partial charge >= 0.3 is 0 Å². The lowest BCUT2D eigenvalue weighted by Gasteiger charge is -2.23. The molecule has 1 aromatic rings. The molecule has 15 heavy (non-hydrogen) atoms. The molecule has 0 aliphatic carbocycles. The van der Waals surface area contributed by atoms with E-state index < -0.39 is 5.79 Å². The van der Waals surface area contributed by atoms with Gasteiger partial charge in [-0.25, -0.2) is 0 Å². The van der Waals surface area contributed by atoms with Gasteiger partial charge in [-0.15, -0.1) is 11.6 Å². The Morgan fingerprint density at radius 2 is 2.33 bits per heavy atom. The molecule has 1 fully saturated rings. The normalized spacial score (nSPS) is 30.7. The molecule has 82 valence electrons. The van der Waals surface area contributed by atoms with Crippen LogP contribution < -0.4 is 0 Å². The molecule has 0 radical (unpaired) electrons. The van der Waals surface area contributed by atoms with Crippen LogP contribution in [0.5, 0.6) is 0 Å². The fourth-order valence-corrected chi connectivity index (χ4v) is 1.98. The molecular formula is C11H12Cl2O2. The van der Waals surface area contributed by atoms with Gasteiger partial charge in [0.1, 0.15) is 0 Å². The van der Waals surface area contributed by atoms with Crippen molar-refractivity contribution in [3.05, 3.63) is 34.9 Å². The van der Waals surface area contributed by atoms with Crippen molar-refractivity contribution in [3.63, 3.8) is 0 Å². The molecule has 1 saturated heterocycles. The lowest BCUT2D eigenvalue weighted by molar-refractivity contribution is -0.159. The zero-order valence-electron chi connectivity index (χ0n) is 8.37. The third-order valence-electron chi connectivity index (χ3n) is 2.46. The van der Waals surface area contributed by atoms with Crippen LogP contribution in [0, 0.1) is 0 Å². The van der Waals surface area contributed by atoms with Crippen LogP contribution in [0.1, 0.15) is 12.5 Å². The van der Waals surface area contributed by atoms with Gasteiger partial charge < -0.3 is 9.47 Å². The Labute approximate surface area is 99.1 Å². The summed E-state index contributed by atoms with van der Waals surface area (Å²) in [6, 6.07) is 7.48. The van der Waals surface area contributed by atoms with Crippen molar-refractivity contribution in [1.29, 1.82) is 0 Å². The molecule has 1 aliphatic rings. The summed E-state index contributed by atoms with van der Waals surface area (Å²) in [4.78, 5) is 0. The SMILES string of the molecule is CC1(c2cccc(Cl)c2)OCC(CCl)O1. The van der Waals surface area contributed by atoms with Crippen molar-refractivity contribution in [1.82, 2.24) is 0 Å². The number of benzene rings is 1. The summed E-state index contributed by atoms with van der Waals surface area (Å²) in [6.45, 7) is 2.40. The van der Waals surface area contributed by atoms with E-state index in [4.69, 9.17) is 32.7 Å². The van der Waals surface area contributed by atoms with Crippen LogP contribution in [-0.2, 0) is 15.3 Å². The molecule has 1 heterocycles. The van der Waals surface area contributed by atoms with Crippen LogP contribution in [0.25, 0.3) is 0 Å². The highest BCUT2D eigenvalue weighted by Crippen LogP contribution is 2.34. The van der Waals surface area contributed by atoms with Crippen molar-refractivity contribution in [3.8, 4) is 0 Å². The lowest BCUT2D eigenvalue weighted by Crippen LogP contribution is -2.24. The second kappa shape index (κ2) is 4.30. The Morgan fingerprint density at radius 3 is 2.93 bits per heavy atom. The zero-order valence-corrected chi connectivity index (χ0v) is 9.89. The molecule has 0 aromatic heterocycles. The van der Waals surface area contributed by atoms with E-state index >= 15 is 0 Å². The molecule has 2 rings (SSSR count). The van der Waals surface area contributed by atoms with Crippen molar-refractivity contribution in [2.75, 3.05) is 12.5 Å². The van der Waals surface area contributed by atoms with Crippen LogP contribution in [0.15, 0.2) is 24.3 Å². The lowest BCUT2D eigenvalue weighted by atomic mass is 10.1. The van der Waals surface area contributed by atoms with Crippen molar-refractivity contribution >= 4 is 23.2 Å². The van der Waals surface area contributed by atoms with Crippen LogP contribution in [0.3, 0.4) is 0 Å². The zero-order chi connectivity index (χ0) is 10.9. The van der Waals surface area contributed by atoms with E-state index in [2.05, 4.69) is 0 Å². The number of ether oxygens (including phenoxy) is 2. The van der Waals surface area contributed by atoms with E-state index in [0.717, 1.165) is 5.56 Å². The topological polar surface area (TPSA) is 18.5 Å². The fourth-order valence-electron chi connectivity index (χ4n) is 1.64. The summed E-state index contributed by atoms with van der Waals surface area (Å²) in [5, 5.41) is 0.676. The van der Waals surface area contributed by atoms with E-state index in [9.17, 15) is 0 Å². The fraction of sp³-hybridized carbons (Fsp3) is 0.455. The average molecular weight is 247 g/mol. The molecule has 0 bridgehead atoms. The minimum absolute atomic E-state index is 0.0457. The van der Waals surface area contributed by atoms with E-state index in [-0.39, 0.29) is 6.10 Å². The maximum absolute atomic E-state index is 5.92. The summed E-state index contributed by atoms with van der Waals surface area (Å²) in [6.07, 6.45) is -0.0457. The van der Waals surface area contributed by atoms with E-state index in [1.54, 1.807) is 0 Å². The third-order valence-corrected chi connectivity index (χ3v) is 3.04. The summed E-state index contributed by atoms with van der Waals surface area (Å²) < 4.78 is 11.3. The van der Waals surface area contributed by atoms with Gasteiger partial charge in [0.15, 0.2) is 5.79 Å². The van der Waals surface area contributed by atoms with Gasteiger partial charge in [-0.05, 0) is 19.1 Å². The number of hydrogen-bond donors (Lipinski definition) is 0. The van der Waals surface area contributed by atoms with Crippen molar-refractivity contribution in [2.45, 2.75) is 18.8 Å². The smallest absolute Gasteiger partial charge is 0.192 e. The van der Waals surface area contributed by atoms with E-state index in [1.807, 2.05) is 31.2 Å². The Balaban J connectivity index is 2.23. The summed E-state index contributed by atoms with van der Waals surface area (Å²) in [7, 11) is 0. The van der Waals surface area contributed by atoms with Gasteiger partial charge in [0.2, 0.25) is 0 Å². The summed E-state index contributed by atoms with van der Waals surface area (Å²) in [5.41, 5.74) is 0.919. The highest BCUT2D eigenvalue weighted by Gasteiger charge is 2.38.